The highest BCUT2D eigenvalue weighted by Gasteiger charge is 2.26. The lowest BCUT2D eigenvalue weighted by molar-refractivity contribution is -0.133. The van der Waals surface area contributed by atoms with Crippen LogP contribution in [0, 0.1) is 0 Å². The van der Waals surface area contributed by atoms with Gasteiger partial charge in [0.2, 0.25) is 5.91 Å². The summed E-state index contributed by atoms with van der Waals surface area (Å²) in [6.07, 6.45) is 0. The molecule has 1 amide bonds. The molecule has 0 aliphatic rings. The second-order valence-corrected chi connectivity index (χ2v) is 6.64. The molecule has 19 heavy (non-hydrogen) atoms. The number of thioether (sulfide) groups is 1. The monoisotopic (exact) mass is 301 g/mol. The number of hydrogen-bond acceptors (Lipinski definition) is 4. The Balaban J connectivity index is 2.73. The van der Waals surface area contributed by atoms with E-state index in [1.807, 2.05) is 39.5 Å². The van der Waals surface area contributed by atoms with Crippen molar-refractivity contribution in [2.24, 2.45) is 0 Å². The van der Waals surface area contributed by atoms with Crippen molar-refractivity contribution in [3.63, 3.8) is 0 Å². The lowest BCUT2D eigenvalue weighted by Crippen LogP contribution is -2.45. The summed E-state index contributed by atoms with van der Waals surface area (Å²) in [5, 5.41) is 8.60. The van der Waals surface area contributed by atoms with Crippen molar-refractivity contribution in [1.82, 2.24) is 15.1 Å². The molecule has 0 aliphatic heterocycles. The minimum atomic E-state index is -0.194. The summed E-state index contributed by atoms with van der Waals surface area (Å²) in [5.41, 5.74) is 0. The molecular weight excluding hydrogens is 282 g/mol. The van der Waals surface area contributed by atoms with Crippen molar-refractivity contribution in [3.8, 4) is 0 Å². The first-order valence-electron chi connectivity index (χ1n) is 6.31. The van der Waals surface area contributed by atoms with E-state index in [0.717, 1.165) is 0 Å². The van der Waals surface area contributed by atoms with E-state index in [1.165, 1.54) is 11.8 Å². The van der Waals surface area contributed by atoms with E-state index < -0.39 is 0 Å². The van der Waals surface area contributed by atoms with Crippen LogP contribution in [0.4, 0.5) is 0 Å². The van der Waals surface area contributed by atoms with Gasteiger partial charge in [-0.15, -0.1) is 10.2 Å². The van der Waals surface area contributed by atoms with Crippen molar-refractivity contribution in [3.05, 3.63) is 17.3 Å². The number of carbonyl (C=O) groups excluding carboxylic acids is 1. The lowest BCUT2D eigenvalue weighted by Gasteiger charge is -2.32. The molecule has 0 radical (unpaired) electrons. The second kappa shape index (κ2) is 7.10. The van der Waals surface area contributed by atoms with Gasteiger partial charge in [-0.25, -0.2) is 0 Å². The molecular formula is C13H20ClN3OS. The Morgan fingerprint density at radius 2 is 1.74 bits per heavy atom. The van der Waals surface area contributed by atoms with Crippen LogP contribution in [-0.2, 0) is 4.79 Å². The zero-order valence-corrected chi connectivity index (χ0v) is 13.5. The van der Waals surface area contributed by atoms with Crippen LogP contribution in [0.3, 0.4) is 0 Å². The fraction of sp³-hybridized carbons (Fsp3) is 0.615. The summed E-state index contributed by atoms with van der Waals surface area (Å²) < 4.78 is 0. The van der Waals surface area contributed by atoms with E-state index in [9.17, 15) is 4.79 Å². The van der Waals surface area contributed by atoms with Gasteiger partial charge in [-0.1, -0.05) is 23.4 Å². The van der Waals surface area contributed by atoms with Gasteiger partial charge in [0.15, 0.2) is 5.15 Å². The molecule has 1 rings (SSSR count). The second-order valence-electron chi connectivity index (χ2n) is 4.89. The van der Waals surface area contributed by atoms with Gasteiger partial charge in [0, 0.05) is 12.1 Å². The summed E-state index contributed by atoms with van der Waals surface area (Å²) >= 11 is 7.09. The van der Waals surface area contributed by atoms with Crippen LogP contribution < -0.4 is 0 Å². The van der Waals surface area contributed by atoms with Gasteiger partial charge >= 0.3 is 0 Å². The van der Waals surface area contributed by atoms with Crippen LogP contribution in [-0.4, -0.2) is 38.3 Å². The van der Waals surface area contributed by atoms with Gasteiger partial charge < -0.3 is 4.90 Å². The summed E-state index contributed by atoms with van der Waals surface area (Å²) in [4.78, 5) is 14.3. The van der Waals surface area contributed by atoms with Crippen LogP contribution in [0.2, 0.25) is 5.15 Å². The van der Waals surface area contributed by atoms with E-state index in [-0.39, 0.29) is 23.2 Å². The number of hydrogen-bond donors (Lipinski definition) is 0. The standard InChI is InChI=1S/C13H20ClN3OS/c1-8(2)17(9(3)4)13(18)10(5)19-12-7-6-11(14)15-16-12/h6-10H,1-5H3/t10-/m1/s1. The van der Waals surface area contributed by atoms with E-state index in [1.54, 1.807) is 12.1 Å². The highest BCUT2D eigenvalue weighted by molar-refractivity contribution is 8.00. The molecule has 0 saturated carbocycles. The third kappa shape index (κ3) is 4.66. The number of carbonyl (C=O) groups is 1. The number of nitrogens with zero attached hydrogens (tertiary/aromatic N) is 3. The smallest absolute Gasteiger partial charge is 0.236 e. The first kappa shape index (κ1) is 16.2. The summed E-state index contributed by atoms with van der Waals surface area (Å²) in [6, 6.07) is 3.83. The molecule has 0 aliphatic carbocycles. The van der Waals surface area contributed by atoms with Crippen LogP contribution in [0.5, 0.6) is 0 Å². The minimum Gasteiger partial charge on any atom is -0.337 e. The first-order chi connectivity index (χ1) is 8.82. The molecule has 4 nitrogen and oxygen atoms in total. The van der Waals surface area contributed by atoms with Gasteiger partial charge in [-0.05, 0) is 46.8 Å². The molecule has 1 heterocycles. The Labute approximate surface area is 123 Å². The molecule has 0 unspecified atom stereocenters. The van der Waals surface area contributed by atoms with Crippen molar-refractivity contribution in [1.29, 1.82) is 0 Å². The van der Waals surface area contributed by atoms with E-state index in [4.69, 9.17) is 11.6 Å². The predicted molar refractivity (Wildman–Crippen MR) is 79.5 cm³/mol. The molecule has 0 saturated heterocycles. The summed E-state index contributed by atoms with van der Waals surface area (Å²) in [5.74, 6) is 0.117. The van der Waals surface area contributed by atoms with E-state index in [0.29, 0.717) is 10.2 Å². The largest absolute Gasteiger partial charge is 0.337 e. The van der Waals surface area contributed by atoms with Crippen molar-refractivity contribution >= 4 is 29.3 Å². The number of aromatic nitrogens is 2. The molecule has 0 bridgehead atoms. The minimum absolute atomic E-state index is 0.117. The molecule has 1 atom stereocenters. The van der Waals surface area contributed by atoms with Crippen molar-refractivity contribution in [2.75, 3.05) is 0 Å². The van der Waals surface area contributed by atoms with Crippen molar-refractivity contribution in [2.45, 2.75) is 57.0 Å². The molecule has 0 spiro atoms. The molecule has 0 fully saturated rings. The quantitative estimate of drug-likeness (QED) is 0.783. The highest BCUT2D eigenvalue weighted by atomic mass is 35.5. The number of rotatable bonds is 5. The van der Waals surface area contributed by atoms with Gasteiger partial charge in [-0.2, -0.15) is 0 Å². The normalized spacial score (nSPS) is 12.8. The molecule has 1 aromatic rings. The lowest BCUT2D eigenvalue weighted by atomic mass is 10.2. The molecule has 1 aromatic heterocycles. The molecule has 0 N–H and O–H groups in total. The zero-order chi connectivity index (χ0) is 14.6. The highest BCUT2D eigenvalue weighted by Crippen LogP contribution is 2.24. The van der Waals surface area contributed by atoms with Crippen molar-refractivity contribution < 1.29 is 4.79 Å². The maximum absolute atomic E-state index is 12.4. The third-order valence-electron chi connectivity index (χ3n) is 2.62. The Morgan fingerprint density at radius 1 is 1.16 bits per heavy atom. The van der Waals surface area contributed by atoms with Gasteiger partial charge in [0.05, 0.1) is 5.25 Å². The first-order valence-corrected chi connectivity index (χ1v) is 7.56. The maximum atomic E-state index is 12.4. The Hall–Kier alpha value is -0.810. The van der Waals surface area contributed by atoms with Gasteiger partial charge in [0.25, 0.3) is 0 Å². The summed E-state index contributed by atoms with van der Waals surface area (Å²) in [7, 11) is 0. The van der Waals surface area contributed by atoms with Crippen LogP contribution in [0.15, 0.2) is 17.2 Å². The average molecular weight is 302 g/mol. The number of halogens is 1. The van der Waals surface area contributed by atoms with Gasteiger partial charge in [-0.3, -0.25) is 4.79 Å². The average Bonchev–Trinajstić information content (AvgIpc) is 2.31. The van der Waals surface area contributed by atoms with Crippen LogP contribution >= 0.6 is 23.4 Å². The predicted octanol–water partition coefficient (Wildman–Crippen LogP) is 3.26. The fourth-order valence-electron chi connectivity index (χ4n) is 1.91. The SMILES string of the molecule is CC(C)N(C(=O)[C@@H](C)Sc1ccc(Cl)nn1)C(C)C. The Morgan fingerprint density at radius 3 is 2.16 bits per heavy atom. The molecule has 0 aromatic carbocycles. The van der Waals surface area contributed by atoms with Crippen LogP contribution in [0.1, 0.15) is 34.6 Å². The van der Waals surface area contributed by atoms with Crippen LogP contribution in [0.25, 0.3) is 0 Å². The topological polar surface area (TPSA) is 46.1 Å². The summed E-state index contributed by atoms with van der Waals surface area (Å²) in [6.45, 7) is 9.99. The van der Waals surface area contributed by atoms with Gasteiger partial charge in [0.1, 0.15) is 5.03 Å². The zero-order valence-electron chi connectivity index (χ0n) is 11.9. The number of amides is 1. The maximum Gasteiger partial charge on any atom is 0.236 e. The Bertz CT molecular complexity index is 414. The third-order valence-corrected chi connectivity index (χ3v) is 3.84. The molecule has 106 valence electrons. The Kier molecular flexibility index (Phi) is 6.07. The fourth-order valence-corrected chi connectivity index (χ4v) is 2.83. The molecule has 6 heteroatoms. The van der Waals surface area contributed by atoms with E-state index in [2.05, 4.69) is 10.2 Å². The van der Waals surface area contributed by atoms with E-state index >= 15 is 0 Å².